The smallest absolute Gasteiger partial charge is 0.417 e. The predicted octanol–water partition coefficient (Wildman–Crippen LogP) is 3.71. The van der Waals surface area contributed by atoms with Gasteiger partial charge < -0.3 is 10.1 Å². The maximum atomic E-state index is 13.5. The monoisotopic (exact) mass is 423 g/mol. The minimum atomic E-state index is -4.74. The largest absolute Gasteiger partial charge is 0.444 e. The van der Waals surface area contributed by atoms with E-state index in [1.807, 2.05) is 0 Å². The zero-order chi connectivity index (χ0) is 22.3. The lowest BCUT2D eigenvalue weighted by atomic mass is 10.1. The average Bonchev–Trinajstić information content (AvgIpc) is 3.12. The lowest BCUT2D eigenvalue weighted by Crippen LogP contribution is -2.37. The number of alkyl carbamates (subject to hydrolysis) is 1. The van der Waals surface area contributed by atoms with Crippen molar-refractivity contribution in [3.05, 3.63) is 52.3 Å². The minimum absolute atomic E-state index is 0.0269. The molecule has 11 heteroatoms. The van der Waals surface area contributed by atoms with E-state index in [4.69, 9.17) is 4.74 Å². The summed E-state index contributed by atoms with van der Waals surface area (Å²) in [5, 5.41) is 8.25. The number of hydrogen-bond donors (Lipinski definition) is 2. The van der Waals surface area contributed by atoms with Gasteiger partial charge in [0.05, 0.1) is 34.4 Å². The molecule has 30 heavy (non-hydrogen) atoms. The molecule has 1 atom stereocenters. The molecule has 0 saturated heterocycles. The molecule has 3 aromatic rings. The first-order valence-electron chi connectivity index (χ1n) is 9.00. The van der Waals surface area contributed by atoms with Crippen LogP contribution in [0.1, 0.15) is 45.1 Å². The number of alkyl halides is 3. The van der Waals surface area contributed by atoms with Gasteiger partial charge in [-0.15, -0.1) is 0 Å². The Balaban J connectivity index is 2.21. The van der Waals surface area contributed by atoms with Gasteiger partial charge in [0.2, 0.25) is 0 Å². The number of nitrogens with one attached hydrogen (secondary N) is 2. The third-order valence-corrected chi connectivity index (χ3v) is 4.09. The van der Waals surface area contributed by atoms with Gasteiger partial charge in [0.15, 0.2) is 0 Å². The lowest BCUT2D eigenvalue weighted by molar-refractivity contribution is -0.136. The number of fused-ring (bicyclic) bond motifs is 1. The van der Waals surface area contributed by atoms with Crippen LogP contribution in [0.4, 0.5) is 18.0 Å². The SMILES string of the molecule is C[C@H](NC(=O)OC(C)(C)C)c1nc2cccc(C(F)(F)F)c2c(=O)n1-c1cn[nH]c1. The predicted molar refractivity (Wildman–Crippen MR) is 102 cm³/mol. The first-order valence-corrected chi connectivity index (χ1v) is 9.00. The normalized spacial score (nSPS) is 13.3. The molecule has 0 bridgehead atoms. The number of nitrogens with zero attached hydrogens (tertiary/aromatic N) is 3. The summed E-state index contributed by atoms with van der Waals surface area (Å²) < 4.78 is 46.7. The van der Waals surface area contributed by atoms with Crippen LogP contribution >= 0.6 is 0 Å². The molecule has 3 rings (SSSR count). The second kappa shape index (κ2) is 7.47. The maximum Gasteiger partial charge on any atom is 0.417 e. The van der Waals surface area contributed by atoms with Crippen molar-refractivity contribution in [3.8, 4) is 5.69 Å². The van der Waals surface area contributed by atoms with Crippen molar-refractivity contribution in [1.29, 1.82) is 0 Å². The van der Waals surface area contributed by atoms with E-state index in [1.54, 1.807) is 27.7 Å². The molecular weight excluding hydrogens is 403 g/mol. The average molecular weight is 423 g/mol. The summed E-state index contributed by atoms with van der Waals surface area (Å²) in [4.78, 5) is 29.6. The number of aromatic nitrogens is 4. The van der Waals surface area contributed by atoms with Crippen LogP contribution in [0.25, 0.3) is 16.6 Å². The van der Waals surface area contributed by atoms with Crippen LogP contribution in [0, 0.1) is 0 Å². The van der Waals surface area contributed by atoms with Crippen molar-refractivity contribution in [3.63, 3.8) is 0 Å². The Labute approximate surface area is 169 Å². The van der Waals surface area contributed by atoms with Crippen LogP contribution in [-0.2, 0) is 10.9 Å². The molecular formula is C19H20F3N5O3. The molecule has 2 N–H and O–H groups in total. The summed E-state index contributed by atoms with van der Waals surface area (Å²) in [5.41, 5.74) is -2.73. The van der Waals surface area contributed by atoms with Crippen LogP contribution in [0.3, 0.4) is 0 Å². The fourth-order valence-electron chi connectivity index (χ4n) is 2.94. The highest BCUT2D eigenvalue weighted by atomic mass is 19.4. The fourth-order valence-corrected chi connectivity index (χ4v) is 2.94. The molecule has 0 spiro atoms. The summed E-state index contributed by atoms with van der Waals surface area (Å²) in [6, 6.07) is 2.46. The van der Waals surface area contributed by atoms with Crippen molar-refractivity contribution in [2.45, 2.75) is 45.5 Å². The molecule has 0 saturated carbocycles. The van der Waals surface area contributed by atoms with E-state index in [1.165, 1.54) is 24.5 Å². The van der Waals surface area contributed by atoms with Gasteiger partial charge in [-0.05, 0) is 39.8 Å². The molecule has 1 amide bonds. The standard InChI is InChI=1S/C19H20F3N5O3/c1-10(25-17(29)30-18(2,3)4)15-26-13-7-5-6-12(19(20,21)22)14(13)16(28)27(15)11-8-23-24-9-11/h5-10H,1-4H3,(H,23,24)(H,25,29)/t10-/m0/s1. The number of aromatic amines is 1. The molecule has 0 aliphatic heterocycles. The summed E-state index contributed by atoms with van der Waals surface area (Å²) in [7, 11) is 0. The second-order valence-corrected chi connectivity index (χ2v) is 7.63. The van der Waals surface area contributed by atoms with Crippen LogP contribution in [0.5, 0.6) is 0 Å². The van der Waals surface area contributed by atoms with Gasteiger partial charge in [-0.2, -0.15) is 18.3 Å². The van der Waals surface area contributed by atoms with Crippen molar-refractivity contribution < 1.29 is 22.7 Å². The van der Waals surface area contributed by atoms with Gasteiger partial charge in [0, 0.05) is 6.20 Å². The Morgan fingerprint density at radius 2 is 1.97 bits per heavy atom. The van der Waals surface area contributed by atoms with E-state index in [0.29, 0.717) is 0 Å². The van der Waals surface area contributed by atoms with E-state index < -0.39 is 40.4 Å². The van der Waals surface area contributed by atoms with Gasteiger partial charge in [-0.1, -0.05) is 6.07 Å². The van der Waals surface area contributed by atoms with Crippen molar-refractivity contribution >= 4 is 17.0 Å². The molecule has 8 nitrogen and oxygen atoms in total. The number of rotatable bonds is 3. The topological polar surface area (TPSA) is 102 Å². The number of carbonyl (C=O) groups is 1. The van der Waals surface area contributed by atoms with Crippen LogP contribution < -0.4 is 10.9 Å². The third kappa shape index (κ3) is 4.29. The highest BCUT2D eigenvalue weighted by Crippen LogP contribution is 2.33. The Morgan fingerprint density at radius 3 is 2.53 bits per heavy atom. The zero-order valence-corrected chi connectivity index (χ0v) is 16.7. The fraction of sp³-hybridized carbons (Fsp3) is 0.368. The summed E-state index contributed by atoms with van der Waals surface area (Å²) in [5.74, 6) is 0.0269. The van der Waals surface area contributed by atoms with Gasteiger partial charge >= 0.3 is 12.3 Å². The number of ether oxygens (including phenoxy) is 1. The highest BCUT2D eigenvalue weighted by Gasteiger charge is 2.35. The van der Waals surface area contributed by atoms with Crippen LogP contribution in [0.2, 0.25) is 0 Å². The molecule has 0 radical (unpaired) electrons. The summed E-state index contributed by atoms with van der Waals surface area (Å²) in [6.45, 7) is 6.60. The molecule has 0 aliphatic rings. The molecule has 0 fully saturated rings. The Bertz CT molecular complexity index is 1130. The number of hydrogen-bond acceptors (Lipinski definition) is 5. The highest BCUT2D eigenvalue weighted by molar-refractivity contribution is 5.82. The van der Waals surface area contributed by atoms with Crippen molar-refractivity contribution in [2.24, 2.45) is 0 Å². The van der Waals surface area contributed by atoms with Crippen LogP contribution in [0.15, 0.2) is 35.4 Å². The first-order chi connectivity index (χ1) is 13.9. The molecule has 1 aromatic carbocycles. The van der Waals surface area contributed by atoms with Crippen LogP contribution in [-0.4, -0.2) is 31.4 Å². The molecule has 160 valence electrons. The first kappa shape index (κ1) is 21.3. The quantitative estimate of drug-likeness (QED) is 0.669. The van der Waals surface area contributed by atoms with Gasteiger partial charge in [0.1, 0.15) is 11.4 Å². The molecule has 0 unspecified atom stereocenters. The lowest BCUT2D eigenvalue weighted by Gasteiger charge is -2.23. The number of amides is 1. The minimum Gasteiger partial charge on any atom is -0.444 e. The number of H-pyrrole nitrogens is 1. The Hall–Kier alpha value is -3.37. The van der Waals surface area contributed by atoms with Gasteiger partial charge in [-0.3, -0.25) is 14.5 Å². The van der Waals surface area contributed by atoms with Gasteiger partial charge in [0.25, 0.3) is 5.56 Å². The summed E-state index contributed by atoms with van der Waals surface area (Å²) >= 11 is 0. The summed E-state index contributed by atoms with van der Waals surface area (Å²) in [6.07, 6.45) is -2.88. The number of halogens is 3. The number of carbonyl (C=O) groups excluding carboxylic acids is 1. The molecule has 0 aliphatic carbocycles. The second-order valence-electron chi connectivity index (χ2n) is 7.63. The number of benzene rings is 1. The van der Waals surface area contributed by atoms with Gasteiger partial charge in [-0.25, -0.2) is 9.78 Å². The Morgan fingerprint density at radius 1 is 1.27 bits per heavy atom. The van der Waals surface area contributed by atoms with Crippen molar-refractivity contribution in [1.82, 2.24) is 25.1 Å². The molecule has 2 heterocycles. The van der Waals surface area contributed by atoms with E-state index in [0.717, 1.165) is 10.6 Å². The maximum absolute atomic E-state index is 13.5. The Kier molecular flexibility index (Phi) is 5.31. The van der Waals surface area contributed by atoms with E-state index in [-0.39, 0.29) is 17.0 Å². The third-order valence-electron chi connectivity index (χ3n) is 4.09. The zero-order valence-electron chi connectivity index (χ0n) is 16.7. The molecule has 2 aromatic heterocycles. The van der Waals surface area contributed by atoms with E-state index in [2.05, 4.69) is 20.5 Å². The van der Waals surface area contributed by atoms with Crippen molar-refractivity contribution in [2.75, 3.05) is 0 Å². The van der Waals surface area contributed by atoms with E-state index in [9.17, 15) is 22.8 Å². The van der Waals surface area contributed by atoms with E-state index >= 15 is 0 Å².